The summed E-state index contributed by atoms with van der Waals surface area (Å²) in [5.74, 6) is 1.79. The summed E-state index contributed by atoms with van der Waals surface area (Å²) in [4.78, 5) is 26.3. The normalized spacial score (nSPS) is 16.3. The fraction of sp³-hybridized carbons (Fsp3) is 0.429. The summed E-state index contributed by atoms with van der Waals surface area (Å²) in [6.07, 6.45) is 4.35. The van der Waals surface area contributed by atoms with Gasteiger partial charge in [0.2, 0.25) is 0 Å². The third-order valence-corrected chi connectivity index (χ3v) is 5.34. The fourth-order valence-electron chi connectivity index (χ4n) is 3.93. The average molecular weight is 376 g/mol. The number of nitrogens with one attached hydrogen (secondary N) is 1. The van der Waals surface area contributed by atoms with Crippen molar-refractivity contribution in [2.45, 2.75) is 39.2 Å². The zero-order chi connectivity index (χ0) is 19.5. The fourth-order valence-corrected chi connectivity index (χ4v) is 3.93. The van der Waals surface area contributed by atoms with Crippen LogP contribution in [0.25, 0.3) is 0 Å². The van der Waals surface area contributed by atoms with E-state index in [4.69, 9.17) is 10.2 Å². The molecule has 7 heteroatoms. The first-order valence-electron chi connectivity index (χ1n) is 9.81. The number of aryl methyl sites for hydroxylation is 1. The molecule has 0 bridgehead atoms. The third-order valence-electron chi connectivity index (χ3n) is 5.34. The molecular weight excluding hydrogens is 352 g/mol. The molecule has 7 nitrogen and oxygen atoms in total. The number of aromatic nitrogens is 2. The van der Waals surface area contributed by atoms with Gasteiger partial charge in [0.1, 0.15) is 11.6 Å². The largest absolute Gasteiger partial charge is 0.356 e. The number of hydrogen-bond donors (Lipinski definition) is 1. The number of hydrogen-bond acceptors (Lipinski definition) is 5. The average Bonchev–Trinajstić information content (AvgIpc) is 2.73. The number of nitriles is 1. The van der Waals surface area contributed by atoms with Gasteiger partial charge < -0.3 is 15.1 Å². The van der Waals surface area contributed by atoms with Crippen LogP contribution in [0.4, 0.5) is 16.3 Å². The van der Waals surface area contributed by atoms with Crippen molar-refractivity contribution >= 4 is 17.5 Å². The van der Waals surface area contributed by atoms with Gasteiger partial charge in [-0.15, -0.1) is 0 Å². The summed E-state index contributed by atoms with van der Waals surface area (Å²) >= 11 is 0. The van der Waals surface area contributed by atoms with Gasteiger partial charge in [0, 0.05) is 37.3 Å². The standard InChI is InChI=1S/C21H24N6O/c1-15-23-19-8-11-27(21(28)25-17-7-5-6-16(12-17)13-22)14-18(19)20(24-15)26-9-3-2-4-10-26/h5-7,12H,2-4,8-11,14H2,1H3,(H,25,28). The Labute approximate surface area is 165 Å². The molecule has 2 aliphatic rings. The Bertz CT molecular complexity index is 929. The Kier molecular flexibility index (Phi) is 5.11. The summed E-state index contributed by atoms with van der Waals surface area (Å²) in [5.41, 5.74) is 3.28. The van der Waals surface area contributed by atoms with E-state index >= 15 is 0 Å². The highest BCUT2D eigenvalue weighted by Gasteiger charge is 2.27. The number of carbonyl (C=O) groups is 1. The molecule has 4 rings (SSSR count). The second-order valence-electron chi connectivity index (χ2n) is 7.36. The SMILES string of the molecule is Cc1nc2c(c(N3CCCCC3)n1)CN(C(=O)Nc1cccc(C#N)c1)CC2. The topological polar surface area (TPSA) is 85.2 Å². The molecule has 0 spiro atoms. The van der Waals surface area contributed by atoms with Gasteiger partial charge in [-0.05, 0) is 44.4 Å². The van der Waals surface area contributed by atoms with E-state index in [0.29, 0.717) is 24.3 Å². The number of amides is 2. The van der Waals surface area contributed by atoms with Gasteiger partial charge in [0.05, 0.1) is 23.9 Å². The van der Waals surface area contributed by atoms with Crippen LogP contribution in [0.2, 0.25) is 0 Å². The van der Waals surface area contributed by atoms with Crippen molar-refractivity contribution in [1.82, 2.24) is 14.9 Å². The lowest BCUT2D eigenvalue weighted by Crippen LogP contribution is -2.41. The summed E-state index contributed by atoms with van der Waals surface area (Å²) in [6, 6.07) is 8.90. The quantitative estimate of drug-likeness (QED) is 0.870. The molecule has 28 heavy (non-hydrogen) atoms. The Morgan fingerprint density at radius 1 is 1.18 bits per heavy atom. The van der Waals surface area contributed by atoms with Gasteiger partial charge in [0.25, 0.3) is 0 Å². The second kappa shape index (κ2) is 7.85. The summed E-state index contributed by atoms with van der Waals surface area (Å²) in [6.45, 7) is 5.08. The van der Waals surface area contributed by atoms with Gasteiger partial charge in [-0.2, -0.15) is 5.26 Å². The zero-order valence-corrected chi connectivity index (χ0v) is 16.1. The van der Waals surface area contributed by atoms with Crippen LogP contribution in [-0.2, 0) is 13.0 Å². The molecule has 2 amide bonds. The van der Waals surface area contributed by atoms with Crippen molar-refractivity contribution < 1.29 is 4.79 Å². The van der Waals surface area contributed by atoms with Crippen molar-refractivity contribution in [3.05, 3.63) is 46.9 Å². The highest BCUT2D eigenvalue weighted by atomic mass is 16.2. The predicted octanol–water partition coefficient (Wildman–Crippen LogP) is 3.24. The molecule has 1 aromatic heterocycles. The summed E-state index contributed by atoms with van der Waals surface area (Å²) in [5, 5.41) is 11.9. The first-order valence-corrected chi connectivity index (χ1v) is 9.81. The first-order chi connectivity index (χ1) is 13.6. The van der Waals surface area contributed by atoms with Crippen molar-refractivity contribution in [3.63, 3.8) is 0 Å². The van der Waals surface area contributed by atoms with Gasteiger partial charge in [-0.25, -0.2) is 14.8 Å². The number of benzene rings is 1. The van der Waals surface area contributed by atoms with Crippen LogP contribution in [0.1, 0.15) is 41.9 Å². The molecule has 0 radical (unpaired) electrons. The van der Waals surface area contributed by atoms with Crippen molar-refractivity contribution in [3.8, 4) is 6.07 Å². The van der Waals surface area contributed by atoms with E-state index in [1.807, 2.05) is 6.92 Å². The van der Waals surface area contributed by atoms with Crippen LogP contribution in [0.3, 0.4) is 0 Å². The molecule has 0 atom stereocenters. The van der Waals surface area contributed by atoms with E-state index in [9.17, 15) is 4.79 Å². The number of urea groups is 1. The molecule has 2 aromatic rings. The lowest BCUT2D eigenvalue weighted by molar-refractivity contribution is 0.206. The van der Waals surface area contributed by atoms with E-state index in [2.05, 4.69) is 21.3 Å². The highest BCUT2D eigenvalue weighted by Crippen LogP contribution is 2.29. The van der Waals surface area contributed by atoms with Gasteiger partial charge in [0.15, 0.2) is 0 Å². The van der Waals surface area contributed by atoms with Gasteiger partial charge in [-0.3, -0.25) is 0 Å². The number of fused-ring (bicyclic) bond motifs is 1. The number of nitrogens with zero attached hydrogens (tertiary/aromatic N) is 5. The van der Waals surface area contributed by atoms with Crippen molar-refractivity contribution in [1.29, 1.82) is 5.26 Å². The minimum atomic E-state index is -0.161. The van der Waals surface area contributed by atoms with Crippen LogP contribution in [0, 0.1) is 18.3 Å². The Morgan fingerprint density at radius 2 is 2.00 bits per heavy atom. The maximum atomic E-state index is 12.8. The monoisotopic (exact) mass is 376 g/mol. The molecule has 2 aliphatic heterocycles. The van der Waals surface area contributed by atoms with E-state index in [0.717, 1.165) is 42.4 Å². The lowest BCUT2D eigenvalue weighted by atomic mass is 10.0. The smallest absolute Gasteiger partial charge is 0.322 e. The predicted molar refractivity (Wildman–Crippen MR) is 107 cm³/mol. The van der Waals surface area contributed by atoms with Crippen molar-refractivity contribution in [2.75, 3.05) is 29.9 Å². The van der Waals surface area contributed by atoms with Crippen LogP contribution in [-0.4, -0.2) is 40.5 Å². The van der Waals surface area contributed by atoms with Gasteiger partial charge >= 0.3 is 6.03 Å². The summed E-state index contributed by atoms with van der Waals surface area (Å²) in [7, 11) is 0. The molecule has 1 aromatic carbocycles. The van der Waals surface area contributed by atoms with Crippen LogP contribution in [0.15, 0.2) is 24.3 Å². The van der Waals surface area contributed by atoms with E-state index in [-0.39, 0.29) is 6.03 Å². The van der Waals surface area contributed by atoms with Crippen molar-refractivity contribution in [2.24, 2.45) is 0 Å². The molecule has 1 N–H and O–H groups in total. The lowest BCUT2D eigenvalue weighted by Gasteiger charge is -2.34. The molecule has 144 valence electrons. The zero-order valence-electron chi connectivity index (χ0n) is 16.1. The molecule has 1 fully saturated rings. The van der Waals surface area contributed by atoms with E-state index in [1.54, 1.807) is 29.2 Å². The molecule has 1 saturated heterocycles. The molecular formula is C21H24N6O. The van der Waals surface area contributed by atoms with Crippen LogP contribution >= 0.6 is 0 Å². The summed E-state index contributed by atoms with van der Waals surface area (Å²) < 4.78 is 0. The Hall–Kier alpha value is -3.14. The van der Waals surface area contributed by atoms with E-state index < -0.39 is 0 Å². The number of carbonyl (C=O) groups excluding carboxylic acids is 1. The first kappa shape index (κ1) is 18.2. The Balaban J connectivity index is 1.55. The maximum absolute atomic E-state index is 12.8. The van der Waals surface area contributed by atoms with Crippen LogP contribution < -0.4 is 10.2 Å². The van der Waals surface area contributed by atoms with Gasteiger partial charge in [-0.1, -0.05) is 6.07 Å². The molecule has 0 unspecified atom stereocenters. The Morgan fingerprint density at radius 3 is 2.79 bits per heavy atom. The molecule has 3 heterocycles. The number of rotatable bonds is 2. The minimum absolute atomic E-state index is 0.161. The molecule has 0 aliphatic carbocycles. The number of piperidine rings is 1. The minimum Gasteiger partial charge on any atom is -0.356 e. The molecule has 0 saturated carbocycles. The maximum Gasteiger partial charge on any atom is 0.322 e. The third kappa shape index (κ3) is 3.77. The number of anilines is 2. The van der Waals surface area contributed by atoms with Crippen LogP contribution in [0.5, 0.6) is 0 Å². The second-order valence-corrected chi connectivity index (χ2v) is 7.36. The van der Waals surface area contributed by atoms with E-state index in [1.165, 1.54) is 19.3 Å². The highest BCUT2D eigenvalue weighted by molar-refractivity contribution is 5.89.